The average molecular weight is 252 g/mol. The third-order valence-corrected chi connectivity index (χ3v) is 5.33. The van der Waals surface area contributed by atoms with Gasteiger partial charge in [0.25, 0.3) is 0 Å². The first-order valence-electron chi connectivity index (χ1n) is 7.97. The van der Waals surface area contributed by atoms with Gasteiger partial charge in [-0.05, 0) is 63.5 Å². The van der Waals surface area contributed by atoms with E-state index in [4.69, 9.17) is 0 Å². The molecule has 1 aliphatic heterocycles. The molecule has 2 aliphatic rings. The van der Waals surface area contributed by atoms with Crippen molar-refractivity contribution < 1.29 is 0 Å². The fraction of sp³-hybridized carbons (Fsp3) is 1.00. The average Bonchev–Trinajstić information content (AvgIpc) is 2.75. The highest BCUT2D eigenvalue weighted by Gasteiger charge is 2.36. The number of nitrogens with one attached hydrogen (secondary N) is 1. The fourth-order valence-electron chi connectivity index (χ4n) is 4.21. The largest absolute Gasteiger partial charge is 0.317 e. The number of hydrogen-bond donors (Lipinski definition) is 1. The van der Waals surface area contributed by atoms with Crippen LogP contribution < -0.4 is 5.32 Å². The maximum atomic E-state index is 3.57. The number of nitrogens with zero attached hydrogens (tertiary/aromatic N) is 1. The molecular weight excluding hydrogens is 220 g/mol. The fourth-order valence-corrected chi connectivity index (χ4v) is 4.21. The summed E-state index contributed by atoms with van der Waals surface area (Å²) >= 11 is 0. The predicted octanol–water partition coefficient (Wildman–Crippen LogP) is 3.28. The Balaban J connectivity index is 1.96. The molecule has 2 heteroatoms. The summed E-state index contributed by atoms with van der Waals surface area (Å²) in [6, 6.07) is 1.61. The van der Waals surface area contributed by atoms with E-state index < -0.39 is 0 Å². The molecule has 1 heterocycles. The second-order valence-corrected chi connectivity index (χ2v) is 7.26. The third kappa shape index (κ3) is 3.27. The molecule has 106 valence electrons. The Labute approximate surface area is 114 Å². The Morgan fingerprint density at radius 3 is 2.72 bits per heavy atom. The highest BCUT2D eigenvalue weighted by molar-refractivity contribution is 4.91. The molecule has 0 radical (unpaired) electrons. The minimum atomic E-state index is 0.555. The van der Waals surface area contributed by atoms with Crippen LogP contribution in [-0.4, -0.2) is 37.1 Å². The molecule has 0 bridgehead atoms. The van der Waals surface area contributed by atoms with Crippen LogP contribution in [0.5, 0.6) is 0 Å². The minimum absolute atomic E-state index is 0.555. The van der Waals surface area contributed by atoms with Crippen LogP contribution in [0.15, 0.2) is 0 Å². The van der Waals surface area contributed by atoms with Crippen molar-refractivity contribution in [3.8, 4) is 0 Å². The lowest BCUT2D eigenvalue weighted by molar-refractivity contribution is 0.0973. The number of likely N-dealkylation sites (tertiary alicyclic amines) is 1. The Kier molecular flexibility index (Phi) is 4.71. The normalized spacial score (nSPS) is 37.0. The summed E-state index contributed by atoms with van der Waals surface area (Å²) in [4.78, 5) is 2.77. The highest BCUT2D eigenvalue weighted by Crippen LogP contribution is 2.39. The smallest absolute Gasteiger partial charge is 0.0105 e. The molecule has 0 aromatic heterocycles. The summed E-state index contributed by atoms with van der Waals surface area (Å²) in [5.74, 6) is 0.853. The maximum Gasteiger partial charge on any atom is 0.0105 e. The van der Waals surface area contributed by atoms with Crippen molar-refractivity contribution in [1.29, 1.82) is 0 Å². The molecule has 1 aliphatic carbocycles. The lowest BCUT2D eigenvalue weighted by Gasteiger charge is -2.43. The lowest BCUT2D eigenvalue weighted by atomic mass is 9.69. The zero-order valence-electron chi connectivity index (χ0n) is 12.8. The zero-order chi connectivity index (χ0) is 13.2. The van der Waals surface area contributed by atoms with Crippen LogP contribution in [0.1, 0.15) is 59.3 Å². The van der Waals surface area contributed by atoms with E-state index in [-0.39, 0.29) is 0 Å². The molecule has 1 N–H and O–H groups in total. The van der Waals surface area contributed by atoms with Crippen LogP contribution in [0.3, 0.4) is 0 Å². The lowest BCUT2D eigenvalue weighted by Crippen LogP contribution is -2.47. The topological polar surface area (TPSA) is 15.3 Å². The van der Waals surface area contributed by atoms with Gasteiger partial charge in [0, 0.05) is 18.6 Å². The summed E-state index contributed by atoms with van der Waals surface area (Å²) in [5, 5.41) is 3.57. The van der Waals surface area contributed by atoms with Crippen molar-refractivity contribution in [1.82, 2.24) is 10.2 Å². The molecule has 1 saturated carbocycles. The van der Waals surface area contributed by atoms with Crippen molar-refractivity contribution in [2.45, 2.75) is 71.4 Å². The monoisotopic (exact) mass is 252 g/mol. The van der Waals surface area contributed by atoms with E-state index >= 15 is 0 Å². The molecule has 0 aromatic carbocycles. The van der Waals surface area contributed by atoms with E-state index in [0.29, 0.717) is 5.41 Å². The Morgan fingerprint density at radius 2 is 2.06 bits per heavy atom. The summed E-state index contributed by atoms with van der Waals surface area (Å²) in [5.41, 5.74) is 0.555. The van der Waals surface area contributed by atoms with Gasteiger partial charge in [-0.1, -0.05) is 20.8 Å². The van der Waals surface area contributed by atoms with E-state index in [9.17, 15) is 0 Å². The Bertz CT molecular complexity index is 262. The first-order valence-corrected chi connectivity index (χ1v) is 7.97. The van der Waals surface area contributed by atoms with Crippen molar-refractivity contribution in [2.24, 2.45) is 11.3 Å². The molecule has 3 unspecified atom stereocenters. The number of rotatable bonds is 4. The van der Waals surface area contributed by atoms with E-state index in [1.54, 1.807) is 0 Å². The van der Waals surface area contributed by atoms with Crippen LogP contribution in [0, 0.1) is 11.3 Å². The molecule has 2 fully saturated rings. The van der Waals surface area contributed by atoms with Gasteiger partial charge in [0.05, 0.1) is 0 Å². The van der Waals surface area contributed by atoms with Gasteiger partial charge in [-0.15, -0.1) is 0 Å². The van der Waals surface area contributed by atoms with Gasteiger partial charge in [-0.25, -0.2) is 0 Å². The van der Waals surface area contributed by atoms with E-state index in [1.807, 2.05) is 0 Å². The SMILES string of the molecule is CCC1CCCN1CC1CC(C)(C)CCC1NC. The maximum absolute atomic E-state index is 3.57. The molecular formula is C16H32N2. The van der Waals surface area contributed by atoms with Crippen molar-refractivity contribution in [3.63, 3.8) is 0 Å². The summed E-state index contributed by atoms with van der Waals surface area (Å²) in [7, 11) is 2.15. The summed E-state index contributed by atoms with van der Waals surface area (Å²) in [6.45, 7) is 9.92. The molecule has 2 nitrogen and oxygen atoms in total. The summed E-state index contributed by atoms with van der Waals surface area (Å²) < 4.78 is 0. The van der Waals surface area contributed by atoms with E-state index in [2.05, 4.69) is 38.0 Å². The first-order chi connectivity index (χ1) is 8.55. The van der Waals surface area contributed by atoms with Crippen molar-refractivity contribution in [2.75, 3.05) is 20.1 Å². The number of hydrogen-bond acceptors (Lipinski definition) is 2. The first kappa shape index (κ1) is 14.3. The van der Waals surface area contributed by atoms with Gasteiger partial charge in [-0.3, -0.25) is 0 Å². The van der Waals surface area contributed by atoms with Gasteiger partial charge in [0.2, 0.25) is 0 Å². The predicted molar refractivity (Wildman–Crippen MR) is 78.9 cm³/mol. The molecule has 2 rings (SSSR count). The second-order valence-electron chi connectivity index (χ2n) is 7.26. The van der Waals surface area contributed by atoms with Gasteiger partial charge < -0.3 is 10.2 Å². The van der Waals surface area contributed by atoms with Crippen LogP contribution in [0.25, 0.3) is 0 Å². The second kappa shape index (κ2) is 5.92. The minimum Gasteiger partial charge on any atom is -0.317 e. The standard InChI is InChI=1S/C16H32N2/c1-5-14-7-6-10-18(14)12-13-11-16(2,3)9-8-15(13)17-4/h13-15,17H,5-12H2,1-4H3. The quantitative estimate of drug-likeness (QED) is 0.826. The van der Waals surface area contributed by atoms with Gasteiger partial charge >= 0.3 is 0 Å². The molecule has 3 atom stereocenters. The molecule has 18 heavy (non-hydrogen) atoms. The molecule has 1 saturated heterocycles. The van der Waals surface area contributed by atoms with Crippen molar-refractivity contribution >= 4 is 0 Å². The molecule has 0 aromatic rings. The highest BCUT2D eigenvalue weighted by atomic mass is 15.2. The van der Waals surface area contributed by atoms with Crippen molar-refractivity contribution in [3.05, 3.63) is 0 Å². The van der Waals surface area contributed by atoms with Crippen LogP contribution in [0.4, 0.5) is 0 Å². The van der Waals surface area contributed by atoms with Gasteiger partial charge in [0.1, 0.15) is 0 Å². The van der Waals surface area contributed by atoms with Gasteiger partial charge in [0.15, 0.2) is 0 Å². The zero-order valence-corrected chi connectivity index (χ0v) is 12.8. The third-order valence-electron chi connectivity index (χ3n) is 5.33. The summed E-state index contributed by atoms with van der Waals surface area (Å²) in [6.07, 6.45) is 8.31. The van der Waals surface area contributed by atoms with Gasteiger partial charge in [-0.2, -0.15) is 0 Å². The van der Waals surface area contributed by atoms with Crippen LogP contribution in [-0.2, 0) is 0 Å². The van der Waals surface area contributed by atoms with E-state index in [0.717, 1.165) is 18.0 Å². The Morgan fingerprint density at radius 1 is 1.28 bits per heavy atom. The molecule has 0 spiro atoms. The van der Waals surface area contributed by atoms with E-state index in [1.165, 1.54) is 51.6 Å². The Hall–Kier alpha value is -0.0800. The molecule has 0 amide bonds. The van der Waals surface area contributed by atoms with Crippen LogP contribution >= 0.6 is 0 Å². The van der Waals surface area contributed by atoms with Crippen LogP contribution in [0.2, 0.25) is 0 Å².